The Morgan fingerprint density at radius 3 is 2.50 bits per heavy atom. The minimum absolute atomic E-state index is 0.121. The van der Waals surface area contributed by atoms with Crippen LogP contribution in [0.15, 0.2) is 30.3 Å². The number of methoxy groups -OCH3 is 1. The lowest BCUT2D eigenvalue weighted by atomic mass is 9.84. The first-order chi connectivity index (χ1) is 8.51. The number of benzene rings is 1. The Hall–Kier alpha value is -1.39. The summed E-state index contributed by atoms with van der Waals surface area (Å²) in [7, 11) is 1.49. The van der Waals surface area contributed by atoms with Gasteiger partial charge < -0.3 is 15.8 Å². The molecule has 0 saturated carbocycles. The number of ether oxygens (including phenoxy) is 1. The average Bonchev–Trinajstić information content (AvgIpc) is 2.39. The van der Waals surface area contributed by atoms with Crippen molar-refractivity contribution in [1.82, 2.24) is 5.32 Å². The number of carbonyl (C=O) groups is 1. The van der Waals surface area contributed by atoms with Gasteiger partial charge in [-0.2, -0.15) is 0 Å². The molecule has 3 N–H and O–H groups in total. The molecule has 1 rings (SSSR count). The van der Waals surface area contributed by atoms with E-state index in [2.05, 4.69) is 31.3 Å². The van der Waals surface area contributed by atoms with E-state index in [-0.39, 0.29) is 17.9 Å². The summed E-state index contributed by atoms with van der Waals surface area (Å²) < 4.78 is 5.00. The van der Waals surface area contributed by atoms with E-state index in [1.165, 1.54) is 12.7 Å². The maximum Gasteiger partial charge on any atom is 0.250 e. The highest BCUT2D eigenvalue weighted by atomic mass is 16.5. The van der Waals surface area contributed by atoms with Gasteiger partial charge in [-0.25, -0.2) is 0 Å². The van der Waals surface area contributed by atoms with Crippen molar-refractivity contribution in [2.24, 2.45) is 5.73 Å². The van der Waals surface area contributed by atoms with Gasteiger partial charge in [-0.05, 0) is 5.56 Å². The van der Waals surface area contributed by atoms with Crippen molar-refractivity contribution < 1.29 is 9.53 Å². The summed E-state index contributed by atoms with van der Waals surface area (Å²) in [4.78, 5) is 11.8. The summed E-state index contributed by atoms with van der Waals surface area (Å²) >= 11 is 0. The number of amides is 1. The molecule has 1 unspecified atom stereocenters. The Balaban J connectivity index is 2.60. The molecule has 1 aromatic rings. The third-order valence-corrected chi connectivity index (χ3v) is 3.05. The third kappa shape index (κ3) is 3.82. The van der Waals surface area contributed by atoms with Crippen molar-refractivity contribution in [2.75, 3.05) is 20.2 Å². The van der Waals surface area contributed by atoms with E-state index in [0.717, 1.165) is 0 Å². The fourth-order valence-corrected chi connectivity index (χ4v) is 1.72. The quantitative estimate of drug-likeness (QED) is 0.793. The van der Waals surface area contributed by atoms with Crippen molar-refractivity contribution in [3.63, 3.8) is 0 Å². The van der Waals surface area contributed by atoms with Crippen molar-refractivity contribution in [1.29, 1.82) is 0 Å². The topological polar surface area (TPSA) is 64.3 Å². The van der Waals surface area contributed by atoms with E-state index in [9.17, 15) is 4.79 Å². The second-order valence-corrected chi connectivity index (χ2v) is 4.93. The molecule has 1 atom stereocenters. The molecule has 0 saturated heterocycles. The maximum absolute atomic E-state index is 11.8. The Morgan fingerprint density at radius 2 is 2.00 bits per heavy atom. The van der Waals surface area contributed by atoms with Crippen LogP contribution in [0.25, 0.3) is 0 Å². The zero-order chi connectivity index (χ0) is 13.6. The van der Waals surface area contributed by atoms with Crippen LogP contribution in [-0.4, -0.2) is 32.2 Å². The first-order valence-electron chi connectivity index (χ1n) is 6.07. The molecule has 0 aliphatic carbocycles. The summed E-state index contributed by atoms with van der Waals surface area (Å²) in [6.07, 6.45) is -0.573. The standard InChI is InChI=1S/C14H22N2O2/c1-14(2,11-7-5-4-6-8-11)10-16-13(17)12(9-15)18-3/h4-8,12H,9-10,15H2,1-3H3,(H,16,17). The zero-order valence-electron chi connectivity index (χ0n) is 11.3. The first kappa shape index (κ1) is 14.7. The lowest BCUT2D eigenvalue weighted by molar-refractivity contribution is -0.130. The number of nitrogens with two attached hydrogens (primary N) is 1. The highest BCUT2D eigenvalue weighted by Gasteiger charge is 2.23. The number of rotatable bonds is 6. The number of hydrogen-bond acceptors (Lipinski definition) is 3. The summed E-state index contributed by atoms with van der Waals surface area (Å²) in [5, 5.41) is 2.88. The molecular formula is C14H22N2O2. The zero-order valence-corrected chi connectivity index (χ0v) is 11.3. The van der Waals surface area contributed by atoms with Gasteiger partial charge in [0, 0.05) is 25.6 Å². The predicted molar refractivity (Wildman–Crippen MR) is 72.3 cm³/mol. The molecular weight excluding hydrogens is 228 g/mol. The van der Waals surface area contributed by atoms with Crippen LogP contribution in [-0.2, 0) is 14.9 Å². The number of hydrogen-bond donors (Lipinski definition) is 2. The lowest BCUT2D eigenvalue weighted by Crippen LogP contribution is -2.45. The monoisotopic (exact) mass is 250 g/mol. The van der Waals surface area contributed by atoms with Gasteiger partial charge in [-0.3, -0.25) is 4.79 Å². The smallest absolute Gasteiger partial charge is 0.250 e. The Labute approximate surface area is 109 Å². The van der Waals surface area contributed by atoms with Crippen molar-refractivity contribution in [3.8, 4) is 0 Å². The highest BCUT2D eigenvalue weighted by molar-refractivity contribution is 5.81. The molecule has 4 heteroatoms. The van der Waals surface area contributed by atoms with Gasteiger partial charge in [0.25, 0.3) is 0 Å². The van der Waals surface area contributed by atoms with Crippen molar-refractivity contribution >= 4 is 5.91 Å². The van der Waals surface area contributed by atoms with E-state index < -0.39 is 6.10 Å². The van der Waals surface area contributed by atoms with Crippen LogP contribution in [0.3, 0.4) is 0 Å². The van der Waals surface area contributed by atoms with Crippen LogP contribution in [0, 0.1) is 0 Å². The molecule has 0 aromatic heterocycles. The van der Waals surface area contributed by atoms with E-state index >= 15 is 0 Å². The molecule has 4 nitrogen and oxygen atoms in total. The molecule has 18 heavy (non-hydrogen) atoms. The maximum atomic E-state index is 11.8. The summed E-state index contributed by atoms with van der Waals surface area (Å²) in [6.45, 7) is 4.92. The van der Waals surface area contributed by atoms with Gasteiger partial charge in [0.1, 0.15) is 6.10 Å². The van der Waals surface area contributed by atoms with Gasteiger partial charge in [-0.15, -0.1) is 0 Å². The van der Waals surface area contributed by atoms with E-state index in [1.807, 2.05) is 18.2 Å². The second-order valence-electron chi connectivity index (χ2n) is 4.93. The second kappa shape index (κ2) is 6.52. The largest absolute Gasteiger partial charge is 0.370 e. The average molecular weight is 250 g/mol. The molecule has 0 fully saturated rings. The molecule has 0 heterocycles. The van der Waals surface area contributed by atoms with Crippen molar-refractivity contribution in [2.45, 2.75) is 25.4 Å². The molecule has 100 valence electrons. The molecule has 1 aromatic carbocycles. The van der Waals surface area contributed by atoms with Crippen LogP contribution >= 0.6 is 0 Å². The molecule has 0 radical (unpaired) electrons. The minimum atomic E-state index is -0.573. The third-order valence-electron chi connectivity index (χ3n) is 3.05. The first-order valence-corrected chi connectivity index (χ1v) is 6.07. The van der Waals surface area contributed by atoms with Gasteiger partial charge in [-0.1, -0.05) is 44.2 Å². The summed E-state index contributed by atoms with van der Waals surface area (Å²) in [5.74, 6) is -0.163. The summed E-state index contributed by atoms with van der Waals surface area (Å²) in [5.41, 5.74) is 6.51. The molecule has 0 spiro atoms. The summed E-state index contributed by atoms with van der Waals surface area (Å²) in [6, 6.07) is 10.1. The van der Waals surface area contributed by atoms with Crippen LogP contribution < -0.4 is 11.1 Å². The highest BCUT2D eigenvalue weighted by Crippen LogP contribution is 2.21. The SMILES string of the molecule is COC(CN)C(=O)NCC(C)(C)c1ccccc1. The van der Waals surface area contributed by atoms with Crippen LogP contribution in [0.2, 0.25) is 0 Å². The predicted octanol–water partition coefficient (Wildman–Crippen LogP) is 1.05. The molecule has 1 amide bonds. The van der Waals surface area contributed by atoms with Crippen molar-refractivity contribution in [3.05, 3.63) is 35.9 Å². The molecule has 0 bridgehead atoms. The van der Waals surface area contributed by atoms with Gasteiger partial charge >= 0.3 is 0 Å². The number of nitrogens with one attached hydrogen (secondary N) is 1. The van der Waals surface area contributed by atoms with Gasteiger partial charge in [0.05, 0.1) is 0 Å². The Kier molecular flexibility index (Phi) is 5.31. The fourth-order valence-electron chi connectivity index (χ4n) is 1.72. The van der Waals surface area contributed by atoms with E-state index in [4.69, 9.17) is 10.5 Å². The Morgan fingerprint density at radius 1 is 1.39 bits per heavy atom. The molecule has 0 aliphatic heterocycles. The number of carbonyl (C=O) groups excluding carboxylic acids is 1. The Bertz CT molecular complexity index is 373. The lowest BCUT2D eigenvalue weighted by Gasteiger charge is -2.26. The van der Waals surface area contributed by atoms with Crippen LogP contribution in [0.4, 0.5) is 0 Å². The van der Waals surface area contributed by atoms with E-state index in [0.29, 0.717) is 6.54 Å². The normalized spacial score (nSPS) is 13.1. The van der Waals surface area contributed by atoms with Gasteiger partial charge in [0.15, 0.2) is 0 Å². The van der Waals surface area contributed by atoms with Crippen LogP contribution in [0.1, 0.15) is 19.4 Å². The van der Waals surface area contributed by atoms with Crippen LogP contribution in [0.5, 0.6) is 0 Å². The van der Waals surface area contributed by atoms with E-state index in [1.54, 1.807) is 0 Å². The van der Waals surface area contributed by atoms with Gasteiger partial charge in [0.2, 0.25) is 5.91 Å². The molecule has 0 aliphatic rings. The minimum Gasteiger partial charge on any atom is -0.370 e. The fraction of sp³-hybridized carbons (Fsp3) is 0.500.